The Bertz CT molecular complexity index is 1150. The topological polar surface area (TPSA) is 131 Å². The molecule has 256 valence electrons. The van der Waals surface area contributed by atoms with E-state index in [0.717, 1.165) is 46.4 Å². The number of rotatable bonds is 13. The Morgan fingerprint density at radius 3 is 1.82 bits per heavy atom. The number of nitrogens with zero attached hydrogens (tertiary/aromatic N) is 3. The van der Waals surface area contributed by atoms with Crippen LogP contribution in [0.1, 0.15) is 112 Å². The highest BCUT2D eigenvalue weighted by atomic mass is 79.9. The SMILES string of the molecule is CC(=N)c1csc(COCCN(C(=O)OC(C)(C)C)/C(=N\C(=O)OC(C)(C)C)N(CCCCCCCBr)C(=O)OC(C)(C)C)c1. The Kier molecular flexibility index (Phi) is 16.7. The molecule has 1 N–H and O–H groups in total. The smallest absolute Gasteiger partial charge is 0.437 e. The monoisotopic (exact) mass is 716 g/mol. The molecular weight excluding hydrogens is 664 g/mol. The summed E-state index contributed by atoms with van der Waals surface area (Å²) in [5.74, 6) is -0.255. The zero-order valence-corrected chi connectivity index (χ0v) is 31.1. The number of amides is 3. The van der Waals surface area contributed by atoms with E-state index in [4.69, 9.17) is 24.4 Å². The van der Waals surface area contributed by atoms with E-state index in [1.54, 1.807) is 69.2 Å². The summed E-state index contributed by atoms with van der Waals surface area (Å²) in [5.41, 5.74) is -1.32. The van der Waals surface area contributed by atoms with Crippen LogP contribution in [0, 0.1) is 5.41 Å². The van der Waals surface area contributed by atoms with Crippen molar-refractivity contribution in [2.24, 2.45) is 4.99 Å². The lowest BCUT2D eigenvalue weighted by molar-refractivity contribution is 0.0226. The van der Waals surface area contributed by atoms with Crippen LogP contribution in [0.2, 0.25) is 0 Å². The van der Waals surface area contributed by atoms with Crippen LogP contribution in [0.25, 0.3) is 0 Å². The van der Waals surface area contributed by atoms with E-state index in [1.165, 1.54) is 16.2 Å². The fourth-order valence-electron chi connectivity index (χ4n) is 3.69. The molecule has 0 radical (unpaired) electrons. The number of halogens is 1. The van der Waals surface area contributed by atoms with Crippen molar-refractivity contribution in [1.29, 1.82) is 5.41 Å². The molecule has 1 aromatic rings. The van der Waals surface area contributed by atoms with Gasteiger partial charge in [0.25, 0.3) is 0 Å². The maximum atomic E-state index is 13.7. The number of carbonyl (C=O) groups excluding carboxylic acids is 3. The number of thiophene rings is 1. The first-order chi connectivity index (χ1) is 20.7. The number of unbranched alkanes of at least 4 members (excludes halogenated alkanes) is 4. The van der Waals surface area contributed by atoms with Gasteiger partial charge in [0.05, 0.1) is 19.8 Å². The largest absolute Gasteiger partial charge is 0.443 e. The first-order valence-electron chi connectivity index (χ1n) is 15.3. The number of nitrogens with one attached hydrogen (secondary N) is 1. The molecule has 0 fully saturated rings. The second-order valence-corrected chi connectivity index (χ2v) is 15.4. The second kappa shape index (κ2) is 18.6. The van der Waals surface area contributed by atoms with E-state index >= 15 is 0 Å². The van der Waals surface area contributed by atoms with Crippen LogP contribution < -0.4 is 0 Å². The first kappa shape index (κ1) is 40.5. The van der Waals surface area contributed by atoms with Crippen LogP contribution in [0.5, 0.6) is 0 Å². The number of hydrogen-bond acceptors (Lipinski definition) is 9. The van der Waals surface area contributed by atoms with Gasteiger partial charge in [0, 0.05) is 33.4 Å². The quantitative estimate of drug-likeness (QED) is 0.0710. The maximum absolute atomic E-state index is 13.7. The number of ether oxygens (including phenoxy) is 4. The summed E-state index contributed by atoms with van der Waals surface area (Å²) in [5, 5.41) is 10.6. The lowest BCUT2D eigenvalue weighted by Crippen LogP contribution is -2.53. The molecule has 0 aliphatic carbocycles. The minimum Gasteiger partial charge on any atom is -0.443 e. The van der Waals surface area contributed by atoms with Gasteiger partial charge in [-0.05, 0) is 88.1 Å². The predicted octanol–water partition coefficient (Wildman–Crippen LogP) is 8.76. The third-order valence-corrected chi connectivity index (χ3v) is 7.07. The molecule has 11 nitrogen and oxygen atoms in total. The van der Waals surface area contributed by atoms with Crippen LogP contribution in [0.15, 0.2) is 16.4 Å². The highest BCUT2D eigenvalue weighted by Crippen LogP contribution is 2.19. The molecule has 0 aliphatic rings. The summed E-state index contributed by atoms with van der Waals surface area (Å²) >= 11 is 4.92. The van der Waals surface area contributed by atoms with Crippen LogP contribution in [0.4, 0.5) is 14.4 Å². The van der Waals surface area contributed by atoms with E-state index < -0.39 is 35.1 Å². The number of carbonyl (C=O) groups is 3. The summed E-state index contributed by atoms with van der Waals surface area (Å²) in [6, 6.07) is 1.89. The molecule has 0 saturated carbocycles. The average molecular weight is 718 g/mol. The summed E-state index contributed by atoms with van der Waals surface area (Å²) in [4.78, 5) is 47.9. The van der Waals surface area contributed by atoms with Crippen molar-refractivity contribution in [3.63, 3.8) is 0 Å². The Hall–Kier alpha value is -2.51. The van der Waals surface area contributed by atoms with Crippen molar-refractivity contribution in [1.82, 2.24) is 9.80 Å². The fourth-order valence-corrected chi connectivity index (χ4v) is 4.96. The average Bonchev–Trinajstić information content (AvgIpc) is 3.33. The molecule has 1 aromatic heterocycles. The third kappa shape index (κ3) is 17.7. The molecule has 13 heteroatoms. The molecule has 0 bridgehead atoms. The molecule has 0 unspecified atom stereocenters. The highest BCUT2D eigenvalue weighted by molar-refractivity contribution is 9.09. The Labute approximate surface area is 281 Å². The van der Waals surface area contributed by atoms with Gasteiger partial charge < -0.3 is 24.4 Å². The lowest BCUT2D eigenvalue weighted by atomic mass is 10.1. The van der Waals surface area contributed by atoms with Gasteiger partial charge in [-0.25, -0.2) is 24.2 Å². The van der Waals surface area contributed by atoms with E-state index in [2.05, 4.69) is 20.9 Å². The first-order valence-corrected chi connectivity index (χ1v) is 17.3. The molecule has 0 atom stereocenters. The number of aliphatic imine (C=N–C) groups is 1. The van der Waals surface area contributed by atoms with Gasteiger partial charge in [-0.3, -0.25) is 0 Å². The molecule has 1 heterocycles. The molecular formula is C32H53BrN4O7S. The molecule has 1 rings (SSSR count). The minimum absolute atomic E-state index is 0.0398. The summed E-state index contributed by atoms with van der Waals surface area (Å²) in [6.45, 7) is 17.6. The predicted molar refractivity (Wildman–Crippen MR) is 183 cm³/mol. The second-order valence-electron chi connectivity index (χ2n) is 13.6. The zero-order valence-electron chi connectivity index (χ0n) is 28.7. The van der Waals surface area contributed by atoms with Gasteiger partial charge in [0.1, 0.15) is 16.8 Å². The van der Waals surface area contributed by atoms with Crippen molar-refractivity contribution in [3.05, 3.63) is 21.9 Å². The number of alkyl halides is 1. The van der Waals surface area contributed by atoms with Gasteiger partial charge >= 0.3 is 18.3 Å². The Morgan fingerprint density at radius 2 is 1.33 bits per heavy atom. The van der Waals surface area contributed by atoms with Crippen LogP contribution in [-0.4, -0.2) is 81.6 Å². The van der Waals surface area contributed by atoms with Crippen molar-refractivity contribution in [3.8, 4) is 0 Å². The van der Waals surface area contributed by atoms with Gasteiger partial charge in [0.2, 0.25) is 5.96 Å². The van der Waals surface area contributed by atoms with Gasteiger partial charge in [-0.15, -0.1) is 16.3 Å². The standard InChI is InChI=1S/C32H53BrN4O7S/c1-23(34)24-20-25(45-22-24)21-41-19-18-37(29(40)44-32(8,9)10)26(35-27(38)42-30(2,3)4)36(28(39)43-31(5,6)7)17-15-13-11-12-14-16-33/h20,22,34H,11-19,21H2,1-10H3/b34-23?,35-26-. The zero-order chi connectivity index (χ0) is 34.4. The molecule has 3 amide bonds. The summed E-state index contributed by atoms with van der Waals surface area (Å²) in [6.07, 6.45) is 1.90. The molecule has 0 aliphatic heterocycles. The highest BCUT2D eigenvalue weighted by Gasteiger charge is 2.35. The van der Waals surface area contributed by atoms with Crippen LogP contribution >= 0.6 is 27.3 Å². The van der Waals surface area contributed by atoms with Gasteiger partial charge in [-0.2, -0.15) is 0 Å². The van der Waals surface area contributed by atoms with E-state index in [1.807, 2.05) is 11.4 Å². The Morgan fingerprint density at radius 1 is 0.822 bits per heavy atom. The summed E-state index contributed by atoms with van der Waals surface area (Å²) < 4.78 is 22.8. The molecule has 0 spiro atoms. The normalized spacial score (nSPS) is 12.5. The number of guanidine groups is 1. The van der Waals surface area contributed by atoms with E-state index in [0.29, 0.717) is 12.1 Å². The molecule has 45 heavy (non-hydrogen) atoms. The van der Waals surface area contributed by atoms with Crippen LogP contribution in [0.3, 0.4) is 0 Å². The Balaban J connectivity index is 3.49. The van der Waals surface area contributed by atoms with Crippen molar-refractivity contribution in [2.45, 2.75) is 125 Å². The van der Waals surface area contributed by atoms with Crippen LogP contribution in [-0.2, 0) is 25.6 Å². The molecule has 0 aromatic carbocycles. The lowest BCUT2D eigenvalue weighted by Gasteiger charge is -2.34. The maximum Gasteiger partial charge on any atom is 0.437 e. The van der Waals surface area contributed by atoms with Crippen molar-refractivity contribution in [2.75, 3.05) is 25.0 Å². The number of hydrogen-bond donors (Lipinski definition) is 1. The van der Waals surface area contributed by atoms with Gasteiger partial charge in [-0.1, -0.05) is 35.2 Å². The summed E-state index contributed by atoms with van der Waals surface area (Å²) in [7, 11) is 0. The minimum atomic E-state index is -0.967. The third-order valence-electron chi connectivity index (χ3n) is 5.60. The van der Waals surface area contributed by atoms with E-state index in [-0.39, 0.29) is 32.3 Å². The van der Waals surface area contributed by atoms with Crippen molar-refractivity contribution < 1.29 is 33.3 Å². The fraction of sp³-hybridized carbons (Fsp3) is 0.719. The van der Waals surface area contributed by atoms with E-state index in [9.17, 15) is 14.4 Å². The van der Waals surface area contributed by atoms with Crippen molar-refractivity contribution >= 4 is 57.2 Å². The molecule has 0 saturated heterocycles. The van der Waals surface area contributed by atoms with Gasteiger partial charge in [0.15, 0.2) is 0 Å².